The molecule has 0 aliphatic carbocycles. The van der Waals surface area contributed by atoms with Crippen molar-refractivity contribution in [2.45, 2.75) is 39.7 Å². The molecule has 0 atom stereocenters. The normalized spacial score (nSPS) is 10.8. The molecule has 0 fully saturated rings. The summed E-state index contributed by atoms with van der Waals surface area (Å²) in [5.41, 5.74) is 7.97. The minimum Gasteiger partial charge on any atom is -0.494 e. The van der Waals surface area contributed by atoms with Gasteiger partial charge in [0, 0.05) is 12.2 Å². The number of nitrogens with zero attached hydrogens (tertiary/aromatic N) is 1. The molecule has 5 heteroatoms. The smallest absolute Gasteiger partial charge is 0.255 e. The van der Waals surface area contributed by atoms with Crippen molar-refractivity contribution in [2.24, 2.45) is 0 Å². The third-order valence-electron chi connectivity index (χ3n) is 3.85. The second-order valence-electron chi connectivity index (χ2n) is 6.09. The van der Waals surface area contributed by atoms with Crippen LogP contribution in [0.25, 0.3) is 0 Å². The van der Waals surface area contributed by atoms with Gasteiger partial charge in [-0.1, -0.05) is 31.2 Å². The Kier molecular flexibility index (Phi) is 7.68. The zero-order chi connectivity index (χ0) is 18.8. The average molecular weight is 353 g/mol. The predicted octanol–water partition coefficient (Wildman–Crippen LogP) is 4.03. The van der Waals surface area contributed by atoms with E-state index in [4.69, 9.17) is 10.5 Å². The number of pyridine rings is 1. The molecular weight excluding hydrogens is 326 g/mol. The van der Waals surface area contributed by atoms with Crippen molar-refractivity contribution >= 4 is 11.7 Å². The highest BCUT2D eigenvalue weighted by atomic mass is 16.5. The second-order valence-corrected chi connectivity index (χ2v) is 6.09. The largest absolute Gasteiger partial charge is 0.494 e. The fraction of sp³-hybridized carbons (Fsp3) is 0.333. The first kappa shape index (κ1) is 19.5. The van der Waals surface area contributed by atoms with E-state index in [1.165, 1.54) is 0 Å². The summed E-state index contributed by atoms with van der Waals surface area (Å²) in [4.78, 5) is 16.4. The van der Waals surface area contributed by atoms with Crippen LogP contribution in [0.5, 0.6) is 5.75 Å². The number of carbonyl (C=O) groups is 1. The lowest BCUT2D eigenvalue weighted by molar-refractivity contribution is 0.0951. The van der Waals surface area contributed by atoms with Gasteiger partial charge in [-0.2, -0.15) is 0 Å². The number of ether oxygens (including phenoxy) is 1. The fourth-order valence-electron chi connectivity index (χ4n) is 2.47. The van der Waals surface area contributed by atoms with E-state index in [1.54, 1.807) is 12.1 Å². The molecule has 0 radical (unpaired) electrons. The quantitative estimate of drug-likeness (QED) is 0.527. The van der Waals surface area contributed by atoms with Crippen molar-refractivity contribution in [3.05, 3.63) is 65.4 Å². The molecule has 1 heterocycles. The Balaban J connectivity index is 1.84. The summed E-state index contributed by atoms with van der Waals surface area (Å²) in [6.07, 6.45) is 7.42. The van der Waals surface area contributed by atoms with Crippen LogP contribution >= 0.6 is 0 Å². The van der Waals surface area contributed by atoms with E-state index in [1.807, 2.05) is 31.2 Å². The monoisotopic (exact) mass is 353 g/mol. The van der Waals surface area contributed by atoms with Crippen LogP contribution in [0.1, 0.15) is 47.8 Å². The van der Waals surface area contributed by atoms with Crippen molar-refractivity contribution in [3.8, 4) is 5.75 Å². The maximum absolute atomic E-state index is 12.3. The Morgan fingerprint density at radius 3 is 2.88 bits per heavy atom. The summed E-state index contributed by atoms with van der Waals surface area (Å²) in [7, 11) is 0. The van der Waals surface area contributed by atoms with Gasteiger partial charge in [0.2, 0.25) is 0 Å². The number of hydrogen-bond donors (Lipinski definition) is 2. The fourth-order valence-corrected chi connectivity index (χ4v) is 2.47. The van der Waals surface area contributed by atoms with Crippen LogP contribution in [0.4, 0.5) is 5.82 Å². The van der Waals surface area contributed by atoms with E-state index in [0.29, 0.717) is 18.7 Å². The molecule has 0 saturated heterocycles. The summed E-state index contributed by atoms with van der Waals surface area (Å²) in [6.45, 7) is 5.04. The first-order valence-corrected chi connectivity index (χ1v) is 8.98. The number of allylic oxidation sites excluding steroid dienone is 2. The van der Waals surface area contributed by atoms with Crippen LogP contribution in [0.3, 0.4) is 0 Å². The number of rotatable bonds is 9. The average Bonchev–Trinajstić information content (AvgIpc) is 2.63. The van der Waals surface area contributed by atoms with E-state index >= 15 is 0 Å². The number of unbranched alkanes of at least 4 members (excludes halogenated alkanes) is 1. The van der Waals surface area contributed by atoms with Gasteiger partial charge in [-0.15, -0.1) is 0 Å². The van der Waals surface area contributed by atoms with Gasteiger partial charge in [-0.3, -0.25) is 4.79 Å². The number of carbonyl (C=O) groups excluding carboxylic acids is 1. The highest BCUT2D eigenvalue weighted by Crippen LogP contribution is 2.15. The van der Waals surface area contributed by atoms with Crippen LogP contribution in [-0.2, 0) is 6.54 Å². The molecule has 5 nitrogen and oxygen atoms in total. The first-order valence-electron chi connectivity index (χ1n) is 8.98. The highest BCUT2D eigenvalue weighted by Gasteiger charge is 2.10. The molecule has 26 heavy (non-hydrogen) atoms. The SMILES string of the molecule is CC/C=C/CCCOc1cccc(CNC(=O)c2ccc(C)nc2N)c1. The maximum Gasteiger partial charge on any atom is 0.255 e. The van der Waals surface area contributed by atoms with Gasteiger partial charge < -0.3 is 15.8 Å². The number of anilines is 1. The van der Waals surface area contributed by atoms with Crippen LogP contribution in [0.15, 0.2) is 48.6 Å². The zero-order valence-electron chi connectivity index (χ0n) is 15.5. The summed E-state index contributed by atoms with van der Waals surface area (Å²) in [6, 6.07) is 11.2. The molecule has 2 aromatic rings. The predicted molar refractivity (Wildman–Crippen MR) is 105 cm³/mol. The number of aromatic nitrogens is 1. The van der Waals surface area contributed by atoms with Crippen molar-refractivity contribution in [3.63, 3.8) is 0 Å². The van der Waals surface area contributed by atoms with Crippen LogP contribution in [0, 0.1) is 6.92 Å². The molecule has 0 saturated carbocycles. The Morgan fingerprint density at radius 1 is 1.27 bits per heavy atom. The van der Waals surface area contributed by atoms with E-state index < -0.39 is 0 Å². The molecule has 0 bridgehead atoms. The van der Waals surface area contributed by atoms with Crippen LogP contribution in [-0.4, -0.2) is 17.5 Å². The molecule has 1 aromatic heterocycles. The molecule has 1 amide bonds. The molecule has 0 aliphatic heterocycles. The van der Waals surface area contributed by atoms with Crippen molar-refractivity contribution in [1.29, 1.82) is 0 Å². The van der Waals surface area contributed by atoms with Gasteiger partial charge in [0.25, 0.3) is 5.91 Å². The van der Waals surface area contributed by atoms with Gasteiger partial charge in [0.15, 0.2) is 0 Å². The molecule has 0 spiro atoms. The lowest BCUT2D eigenvalue weighted by Crippen LogP contribution is -2.24. The van der Waals surface area contributed by atoms with Gasteiger partial charge in [0.05, 0.1) is 12.2 Å². The molecule has 2 rings (SSSR count). The van der Waals surface area contributed by atoms with Crippen molar-refractivity contribution in [1.82, 2.24) is 10.3 Å². The lowest BCUT2D eigenvalue weighted by atomic mass is 10.2. The summed E-state index contributed by atoms with van der Waals surface area (Å²) < 4.78 is 5.77. The Hall–Kier alpha value is -2.82. The lowest BCUT2D eigenvalue weighted by Gasteiger charge is -2.10. The number of nitrogens with two attached hydrogens (primary N) is 1. The van der Waals surface area contributed by atoms with E-state index in [2.05, 4.69) is 29.4 Å². The zero-order valence-corrected chi connectivity index (χ0v) is 15.5. The third-order valence-corrected chi connectivity index (χ3v) is 3.85. The third kappa shape index (κ3) is 6.24. The maximum atomic E-state index is 12.3. The number of hydrogen-bond acceptors (Lipinski definition) is 4. The Bertz CT molecular complexity index is 757. The Labute approximate surface area is 155 Å². The summed E-state index contributed by atoms with van der Waals surface area (Å²) in [5, 5.41) is 2.87. The number of benzene rings is 1. The van der Waals surface area contributed by atoms with Crippen LogP contribution in [0.2, 0.25) is 0 Å². The van der Waals surface area contributed by atoms with Crippen molar-refractivity contribution < 1.29 is 9.53 Å². The summed E-state index contributed by atoms with van der Waals surface area (Å²) >= 11 is 0. The number of aryl methyl sites for hydroxylation is 1. The first-order chi connectivity index (χ1) is 12.6. The molecule has 3 N–H and O–H groups in total. The highest BCUT2D eigenvalue weighted by molar-refractivity contribution is 5.98. The van der Waals surface area contributed by atoms with E-state index in [-0.39, 0.29) is 11.7 Å². The molecular formula is C21H27N3O2. The minimum absolute atomic E-state index is 0.232. The summed E-state index contributed by atoms with van der Waals surface area (Å²) in [5.74, 6) is 0.827. The van der Waals surface area contributed by atoms with E-state index in [9.17, 15) is 4.79 Å². The topological polar surface area (TPSA) is 77.2 Å². The number of amides is 1. The molecule has 0 aliphatic rings. The standard InChI is InChI=1S/C21H27N3O2/c1-3-4-5-6-7-13-26-18-10-8-9-17(14-18)15-23-21(25)19-12-11-16(2)24-20(19)22/h4-5,8-12,14H,3,6-7,13,15H2,1-2H3,(H2,22,24)(H,23,25)/b5-4+. The van der Waals surface area contributed by atoms with Gasteiger partial charge in [-0.05, 0) is 56.0 Å². The molecule has 0 unspecified atom stereocenters. The number of nitrogens with one attached hydrogen (secondary N) is 1. The number of nitrogen functional groups attached to an aromatic ring is 1. The minimum atomic E-state index is -0.232. The van der Waals surface area contributed by atoms with Crippen molar-refractivity contribution in [2.75, 3.05) is 12.3 Å². The second kappa shape index (κ2) is 10.2. The van der Waals surface area contributed by atoms with Gasteiger partial charge in [0.1, 0.15) is 11.6 Å². The van der Waals surface area contributed by atoms with Gasteiger partial charge >= 0.3 is 0 Å². The molecule has 1 aromatic carbocycles. The molecule has 138 valence electrons. The van der Waals surface area contributed by atoms with Gasteiger partial charge in [-0.25, -0.2) is 4.98 Å². The van der Waals surface area contributed by atoms with Crippen LogP contribution < -0.4 is 15.8 Å². The van der Waals surface area contributed by atoms with E-state index in [0.717, 1.165) is 36.3 Å². The Morgan fingerprint density at radius 2 is 2.12 bits per heavy atom.